The van der Waals surface area contributed by atoms with Gasteiger partial charge in [0.15, 0.2) is 5.75 Å². The van der Waals surface area contributed by atoms with Gasteiger partial charge in [-0.3, -0.25) is 9.59 Å². The fourth-order valence-electron chi connectivity index (χ4n) is 1.45. The second kappa shape index (κ2) is 9.27. The van der Waals surface area contributed by atoms with Crippen LogP contribution in [0.15, 0.2) is 17.2 Å². The van der Waals surface area contributed by atoms with E-state index in [1.54, 1.807) is 19.1 Å². The van der Waals surface area contributed by atoms with Gasteiger partial charge in [0.25, 0.3) is 0 Å². The van der Waals surface area contributed by atoms with Crippen LogP contribution >= 0.6 is 23.2 Å². The van der Waals surface area contributed by atoms with E-state index in [1.807, 2.05) is 6.92 Å². The van der Waals surface area contributed by atoms with Crippen LogP contribution in [0.4, 0.5) is 0 Å². The van der Waals surface area contributed by atoms with Crippen molar-refractivity contribution in [1.82, 2.24) is 10.7 Å². The van der Waals surface area contributed by atoms with Crippen LogP contribution in [0.2, 0.25) is 10.0 Å². The number of rotatable bonds is 6. The second-order valence-corrected chi connectivity index (χ2v) is 5.04. The Balaban J connectivity index is 2.72. The first-order chi connectivity index (χ1) is 10.5. The normalized spacial score (nSPS) is 10.5. The van der Waals surface area contributed by atoms with Gasteiger partial charge < -0.3 is 10.1 Å². The van der Waals surface area contributed by atoms with Crippen LogP contribution < -0.4 is 15.5 Å². The third kappa shape index (κ3) is 5.54. The molecule has 0 aliphatic heterocycles. The van der Waals surface area contributed by atoms with Gasteiger partial charge >= 0.3 is 11.8 Å². The molecule has 0 unspecified atom stereocenters. The molecule has 0 aliphatic rings. The molecular formula is C14H17Cl2N3O3. The standard InChI is InChI=1S/C14H17Cl2N3O3/c1-3-5-22-12-10(15)6-9(7-11(12)16)8-18-19-14(21)13(20)17-4-2/h6-8H,3-5H2,1-2H3,(H,17,20)(H,19,21)/b18-8-. The average molecular weight is 346 g/mol. The van der Waals surface area contributed by atoms with E-state index in [-0.39, 0.29) is 0 Å². The Bertz CT molecular complexity index is 553. The highest BCUT2D eigenvalue weighted by molar-refractivity contribution is 6.37. The average Bonchev–Trinajstić information content (AvgIpc) is 2.46. The molecule has 0 saturated carbocycles. The Morgan fingerprint density at radius 3 is 2.41 bits per heavy atom. The minimum absolute atomic E-state index is 0.345. The van der Waals surface area contributed by atoms with Crippen molar-refractivity contribution in [2.75, 3.05) is 13.2 Å². The van der Waals surface area contributed by atoms with Crippen LogP contribution in [0.25, 0.3) is 0 Å². The summed E-state index contributed by atoms with van der Waals surface area (Å²) in [5.41, 5.74) is 2.67. The number of hydrogen-bond donors (Lipinski definition) is 2. The van der Waals surface area contributed by atoms with E-state index in [2.05, 4.69) is 15.8 Å². The summed E-state index contributed by atoms with van der Waals surface area (Å²) in [7, 11) is 0. The smallest absolute Gasteiger partial charge is 0.329 e. The summed E-state index contributed by atoms with van der Waals surface area (Å²) >= 11 is 12.2. The lowest BCUT2D eigenvalue weighted by Gasteiger charge is -2.09. The summed E-state index contributed by atoms with van der Waals surface area (Å²) in [5.74, 6) is -1.19. The minimum atomic E-state index is -0.849. The van der Waals surface area contributed by atoms with Gasteiger partial charge in [0.05, 0.1) is 22.9 Å². The van der Waals surface area contributed by atoms with Gasteiger partial charge in [0.2, 0.25) is 0 Å². The molecule has 8 heteroatoms. The maximum absolute atomic E-state index is 11.3. The quantitative estimate of drug-likeness (QED) is 0.471. The van der Waals surface area contributed by atoms with Crippen molar-refractivity contribution in [2.24, 2.45) is 5.10 Å². The summed E-state index contributed by atoms with van der Waals surface area (Å²) in [6, 6.07) is 3.19. The van der Waals surface area contributed by atoms with E-state index >= 15 is 0 Å². The minimum Gasteiger partial charge on any atom is -0.490 e. The predicted molar refractivity (Wildman–Crippen MR) is 86.7 cm³/mol. The van der Waals surface area contributed by atoms with Crippen molar-refractivity contribution >= 4 is 41.2 Å². The first-order valence-corrected chi connectivity index (χ1v) is 7.48. The molecule has 22 heavy (non-hydrogen) atoms. The van der Waals surface area contributed by atoms with Crippen LogP contribution in [0, 0.1) is 0 Å². The van der Waals surface area contributed by atoms with Crippen molar-refractivity contribution < 1.29 is 14.3 Å². The fraction of sp³-hybridized carbons (Fsp3) is 0.357. The molecule has 0 aromatic heterocycles. The topological polar surface area (TPSA) is 79.8 Å². The van der Waals surface area contributed by atoms with Crippen molar-refractivity contribution in [1.29, 1.82) is 0 Å². The first kappa shape index (κ1) is 18.3. The Morgan fingerprint density at radius 1 is 1.23 bits per heavy atom. The second-order valence-electron chi connectivity index (χ2n) is 4.22. The fourth-order valence-corrected chi connectivity index (χ4v) is 2.07. The molecule has 6 nitrogen and oxygen atoms in total. The highest BCUT2D eigenvalue weighted by atomic mass is 35.5. The molecule has 0 bridgehead atoms. The Kier molecular flexibility index (Phi) is 7.70. The zero-order valence-corrected chi connectivity index (χ0v) is 13.8. The molecule has 0 heterocycles. The van der Waals surface area contributed by atoms with Crippen molar-refractivity contribution in [3.05, 3.63) is 27.7 Å². The summed E-state index contributed by atoms with van der Waals surface area (Å²) in [5, 5.41) is 6.72. The number of carbonyl (C=O) groups is 2. The number of amides is 2. The molecule has 120 valence electrons. The van der Waals surface area contributed by atoms with Gasteiger partial charge in [-0.05, 0) is 31.0 Å². The van der Waals surface area contributed by atoms with Gasteiger partial charge in [-0.15, -0.1) is 0 Å². The van der Waals surface area contributed by atoms with Crippen molar-refractivity contribution in [2.45, 2.75) is 20.3 Å². The van der Waals surface area contributed by atoms with Crippen LogP contribution in [0.3, 0.4) is 0 Å². The molecule has 1 aromatic carbocycles. The molecule has 1 aromatic rings. The maximum Gasteiger partial charge on any atom is 0.329 e. The van der Waals surface area contributed by atoms with E-state index < -0.39 is 11.8 Å². The van der Waals surface area contributed by atoms with E-state index in [9.17, 15) is 9.59 Å². The highest BCUT2D eigenvalue weighted by Crippen LogP contribution is 2.33. The van der Waals surface area contributed by atoms with Crippen molar-refractivity contribution in [3.63, 3.8) is 0 Å². The number of nitrogens with zero attached hydrogens (tertiary/aromatic N) is 1. The highest BCUT2D eigenvalue weighted by Gasteiger charge is 2.11. The number of halogens is 2. The Hall–Kier alpha value is -1.79. The van der Waals surface area contributed by atoms with E-state index in [0.717, 1.165) is 6.42 Å². The number of hydrazone groups is 1. The molecule has 0 fully saturated rings. The molecule has 0 aliphatic carbocycles. The lowest BCUT2D eigenvalue weighted by atomic mass is 10.2. The van der Waals surface area contributed by atoms with E-state index in [4.69, 9.17) is 27.9 Å². The van der Waals surface area contributed by atoms with Crippen LogP contribution in [0.1, 0.15) is 25.8 Å². The molecule has 0 radical (unpaired) electrons. The molecule has 2 amide bonds. The third-order valence-corrected chi connectivity index (χ3v) is 2.96. The summed E-state index contributed by atoms with van der Waals surface area (Å²) in [6.07, 6.45) is 2.17. The monoisotopic (exact) mass is 345 g/mol. The third-order valence-electron chi connectivity index (χ3n) is 2.39. The first-order valence-electron chi connectivity index (χ1n) is 6.72. The van der Waals surface area contributed by atoms with Gasteiger partial charge in [0.1, 0.15) is 0 Å². The van der Waals surface area contributed by atoms with Gasteiger partial charge in [-0.1, -0.05) is 30.1 Å². The van der Waals surface area contributed by atoms with Crippen molar-refractivity contribution in [3.8, 4) is 5.75 Å². The summed E-state index contributed by atoms with van der Waals surface area (Å²) in [6.45, 7) is 4.55. The van der Waals surface area contributed by atoms with Crippen LogP contribution in [-0.2, 0) is 9.59 Å². The van der Waals surface area contributed by atoms with E-state index in [0.29, 0.717) is 34.5 Å². The van der Waals surface area contributed by atoms with Crippen LogP contribution in [0.5, 0.6) is 5.75 Å². The SMILES string of the molecule is CCCOc1c(Cl)cc(/C=N\NC(=O)C(=O)NCC)cc1Cl. The lowest BCUT2D eigenvalue weighted by molar-refractivity contribution is -0.139. The molecule has 0 saturated heterocycles. The number of hydrogen-bond acceptors (Lipinski definition) is 4. The van der Waals surface area contributed by atoms with Gasteiger partial charge in [-0.2, -0.15) is 5.10 Å². The number of benzene rings is 1. The Morgan fingerprint density at radius 2 is 1.86 bits per heavy atom. The predicted octanol–water partition coefficient (Wildman–Crippen LogP) is 2.37. The molecular weight excluding hydrogens is 329 g/mol. The van der Waals surface area contributed by atoms with Gasteiger partial charge in [0, 0.05) is 6.54 Å². The number of nitrogens with one attached hydrogen (secondary N) is 2. The number of carbonyl (C=O) groups excluding carboxylic acids is 2. The number of likely N-dealkylation sites (N-methyl/N-ethyl adjacent to an activating group) is 1. The van der Waals surface area contributed by atoms with E-state index in [1.165, 1.54) is 6.21 Å². The zero-order chi connectivity index (χ0) is 16.5. The van der Waals surface area contributed by atoms with Crippen LogP contribution in [-0.4, -0.2) is 31.2 Å². The zero-order valence-electron chi connectivity index (χ0n) is 12.3. The largest absolute Gasteiger partial charge is 0.490 e. The summed E-state index contributed by atoms with van der Waals surface area (Å²) in [4.78, 5) is 22.5. The Labute approximate surface area is 138 Å². The molecule has 0 atom stereocenters. The molecule has 2 N–H and O–H groups in total. The molecule has 0 spiro atoms. The number of ether oxygens (including phenoxy) is 1. The molecule has 1 rings (SSSR count). The maximum atomic E-state index is 11.3. The summed E-state index contributed by atoms with van der Waals surface area (Å²) < 4.78 is 5.44. The van der Waals surface area contributed by atoms with Gasteiger partial charge in [-0.25, -0.2) is 5.43 Å². The lowest BCUT2D eigenvalue weighted by Crippen LogP contribution is -2.37.